The van der Waals surface area contributed by atoms with Crippen LogP contribution in [0.5, 0.6) is 0 Å². The highest BCUT2D eigenvalue weighted by molar-refractivity contribution is 7.09. The molecule has 1 aliphatic carbocycles. The Morgan fingerprint density at radius 1 is 1.30 bits per heavy atom. The van der Waals surface area contributed by atoms with Crippen LogP contribution in [0.25, 0.3) is 0 Å². The van der Waals surface area contributed by atoms with Gasteiger partial charge >= 0.3 is 0 Å². The molecule has 3 rings (SSSR count). The number of aliphatic hydroxyl groups is 1. The van der Waals surface area contributed by atoms with E-state index in [1.165, 1.54) is 36.4 Å². The zero-order valence-corrected chi connectivity index (χ0v) is 15.4. The lowest BCUT2D eigenvalue weighted by Crippen LogP contribution is -2.55. The summed E-state index contributed by atoms with van der Waals surface area (Å²) in [6.45, 7) is 9.04. The van der Waals surface area contributed by atoms with Gasteiger partial charge in [0.1, 0.15) is 5.01 Å². The number of thiazole rings is 1. The van der Waals surface area contributed by atoms with Gasteiger partial charge in [0.2, 0.25) is 0 Å². The van der Waals surface area contributed by atoms with Crippen LogP contribution in [0, 0.1) is 0 Å². The van der Waals surface area contributed by atoms with E-state index in [0.717, 1.165) is 38.6 Å². The lowest BCUT2D eigenvalue weighted by molar-refractivity contribution is 0.0267. The molecule has 1 saturated heterocycles. The van der Waals surface area contributed by atoms with Crippen molar-refractivity contribution >= 4 is 11.3 Å². The molecule has 1 aliphatic heterocycles. The second-order valence-corrected chi connectivity index (χ2v) is 8.34. The van der Waals surface area contributed by atoms with Crippen LogP contribution in [0.3, 0.4) is 0 Å². The number of hydrogen-bond acceptors (Lipinski definition) is 5. The second kappa shape index (κ2) is 8.06. The molecular formula is C18H31N3OS. The Labute approximate surface area is 144 Å². The van der Waals surface area contributed by atoms with Crippen molar-refractivity contribution in [2.24, 2.45) is 0 Å². The molecular weight excluding hydrogens is 306 g/mol. The quantitative estimate of drug-likeness (QED) is 0.866. The van der Waals surface area contributed by atoms with Gasteiger partial charge in [-0.05, 0) is 25.2 Å². The largest absolute Gasteiger partial charge is 0.396 e. The predicted octanol–water partition coefficient (Wildman–Crippen LogP) is 3.08. The summed E-state index contributed by atoms with van der Waals surface area (Å²) in [5, 5.41) is 12.9. The molecule has 1 atom stereocenters. The van der Waals surface area contributed by atoms with Gasteiger partial charge in [0.25, 0.3) is 0 Å². The SMILES string of the molecule is CC(C)c1csc(CN2CCN(C3CCCC3)C(CCO)C2)n1. The normalized spacial score (nSPS) is 24.8. The minimum Gasteiger partial charge on any atom is -0.396 e. The van der Waals surface area contributed by atoms with Crippen LogP contribution in [-0.4, -0.2) is 58.2 Å². The summed E-state index contributed by atoms with van der Waals surface area (Å²) in [5.41, 5.74) is 1.22. The molecule has 2 fully saturated rings. The van der Waals surface area contributed by atoms with Crippen molar-refractivity contribution in [3.8, 4) is 0 Å². The van der Waals surface area contributed by atoms with Crippen LogP contribution in [0.15, 0.2) is 5.38 Å². The number of hydrogen-bond donors (Lipinski definition) is 1. The first kappa shape index (κ1) is 17.3. The number of rotatable bonds is 6. The van der Waals surface area contributed by atoms with Crippen molar-refractivity contribution in [1.29, 1.82) is 0 Å². The van der Waals surface area contributed by atoms with Crippen LogP contribution < -0.4 is 0 Å². The van der Waals surface area contributed by atoms with Gasteiger partial charge in [-0.25, -0.2) is 4.98 Å². The first-order chi connectivity index (χ1) is 11.2. The standard InChI is InChI=1S/C18H31N3OS/c1-14(2)17-13-23-18(19-17)12-20-8-9-21(15-5-3-4-6-15)16(11-20)7-10-22/h13-16,22H,3-12H2,1-2H3. The minimum absolute atomic E-state index is 0.302. The van der Waals surface area contributed by atoms with E-state index in [4.69, 9.17) is 4.98 Å². The first-order valence-electron chi connectivity index (χ1n) is 9.20. The fourth-order valence-corrected chi connectivity index (χ4v) is 5.05. The zero-order valence-electron chi connectivity index (χ0n) is 14.6. The Hall–Kier alpha value is -0.490. The average Bonchev–Trinajstić information content (AvgIpc) is 3.19. The molecule has 4 nitrogen and oxygen atoms in total. The average molecular weight is 338 g/mol. The summed E-state index contributed by atoms with van der Waals surface area (Å²) in [6, 6.07) is 1.28. The molecule has 1 unspecified atom stereocenters. The van der Waals surface area contributed by atoms with Gasteiger partial charge in [-0.15, -0.1) is 11.3 Å². The minimum atomic E-state index is 0.302. The summed E-state index contributed by atoms with van der Waals surface area (Å²) in [7, 11) is 0. The van der Waals surface area contributed by atoms with Crippen LogP contribution in [0.4, 0.5) is 0 Å². The first-order valence-corrected chi connectivity index (χ1v) is 10.1. The van der Waals surface area contributed by atoms with E-state index >= 15 is 0 Å². The molecule has 1 aromatic heterocycles. The summed E-state index contributed by atoms with van der Waals surface area (Å²) in [4.78, 5) is 10.0. The molecule has 1 aromatic rings. The summed E-state index contributed by atoms with van der Waals surface area (Å²) in [5.74, 6) is 0.515. The maximum absolute atomic E-state index is 9.46. The molecule has 0 radical (unpaired) electrons. The molecule has 5 heteroatoms. The fraction of sp³-hybridized carbons (Fsp3) is 0.833. The molecule has 0 bridgehead atoms. The molecule has 1 N–H and O–H groups in total. The van der Waals surface area contributed by atoms with Crippen LogP contribution in [-0.2, 0) is 6.54 Å². The third-order valence-electron chi connectivity index (χ3n) is 5.39. The molecule has 1 saturated carbocycles. The number of nitrogens with zero attached hydrogens (tertiary/aromatic N) is 3. The van der Waals surface area contributed by atoms with Crippen molar-refractivity contribution in [3.63, 3.8) is 0 Å². The van der Waals surface area contributed by atoms with Crippen molar-refractivity contribution < 1.29 is 5.11 Å². The van der Waals surface area contributed by atoms with Gasteiger partial charge < -0.3 is 5.11 Å². The van der Waals surface area contributed by atoms with E-state index in [0.29, 0.717) is 18.6 Å². The van der Waals surface area contributed by atoms with E-state index < -0.39 is 0 Å². The number of aliphatic hydroxyl groups excluding tert-OH is 1. The second-order valence-electron chi connectivity index (χ2n) is 7.40. The molecule has 0 amide bonds. The highest BCUT2D eigenvalue weighted by Gasteiger charge is 2.33. The van der Waals surface area contributed by atoms with Crippen molar-refractivity contribution in [3.05, 3.63) is 16.1 Å². The fourth-order valence-electron chi connectivity index (χ4n) is 4.05. The lowest BCUT2D eigenvalue weighted by Gasteiger charge is -2.44. The highest BCUT2D eigenvalue weighted by atomic mass is 32.1. The van der Waals surface area contributed by atoms with Gasteiger partial charge in [-0.3, -0.25) is 9.80 Å². The van der Waals surface area contributed by atoms with Crippen LogP contribution >= 0.6 is 11.3 Å². The summed E-state index contributed by atoms with van der Waals surface area (Å²) in [6.07, 6.45) is 6.38. The van der Waals surface area contributed by atoms with Crippen LogP contribution in [0.2, 0.25) is 0 Å². The van der Waals surface area contributed by atoms with E-state index in [1.807, 2.05) is 0 Å². The topological polar surface area (TPSA) is 39.6 Å². The number of aromatic nitrogens is 1. The van der Waals surface area contributed by atoms with Crippen molar-refractivity contribution in [1.82, 2.24) is 14.8 Å². The van der Waals surface area contributed by atoms with Gasteiger partial charge in [0.15, 0.2) is 0 Å². The third kappa shape index (κ3) is 4.32. The molecule has 130 valence electrons. The summed E-state index contributed by atoms with van der Waals surface area (Å²) < 4.78 is 0. The zero-order chi connectivity index (χ0) is 16.2. The van der Waals surface area contributed by atoms with Gasteiger partial charge in [-0.1, -0.05) is 26.7 Å². The Morgan fingerprint density at radius 3 is 2.74 bits per heavy atom. The molecule has 2 heterocycles. The molecule has 23 heavy (non-hydrogen) atoms. The third-order valence-corrected chi connectivity index (χ3v) is 6.24. The van der Waals surface area contributed by atoms with Crippen molar-refractivity contribution in [2.75, 3.05) is 26.2 Å². The molecule has 0 aromatic carbocycles. The molecule has 2 aliphatic rings. The van der Waals surface area contributed by atoms with E-state index in [9.17, 15) is 5.11 Å². The van der Waals surface area contributed by atoms with Crippen LogP contribution in [0.1, 0.15) is 62.6 Å². The monoisotopic (exact) mass is 337 g/mol. The Kier molecular flexibility index (Phi) is 6.07. The Morgan fingerprint density at radius 2 is 2.09 bits per heavy atom. The smallest absolute Gasteiger partial charge is 0.107 e. The number of piperazine rings is 1. The Balaban J connectivity index is 1.59. The van der Waals surface area contributed by atoms with E-state index in [-0.39, 0.29) is 0 Å². The Bertz CT molecular complexity index is 484. The van der Waals surface area contributed by atoms with Gasteiger partial charge in [0.05, 0.1) is 12.2 Å². The van der Waals surface area contributed by atoms with E-state index in [1.54, 1.807) is 11.3 Å². The highest BCUT2D eigenvalue weighted by Crippen LogP contribution is 2.28. The van der Waals surface area contributed by atoms with Gasteiger partial charge in [0, 0.05) is 43.7 Å². The molecule has 0 spiro atoms. The predicted molar refractivity (Wildman–Crippen MR) is 95.9 cm³/mol. The van der Waals surface area contributed by atoms with E-state index in [2.05, 4.69) is 29.0 Å². The van der Waals surface area contributed by atoms with Gasteiger partial charge in [-0.2, -0.15) is 0 Å². The maximum Gasteiger partial charge on any atom is 0.107 e. The lowest BCUT2D eigenvalue weighted by atomic mass is 10.0. The van der Waals surface area contributed by atoms with Crippen molar-refractivity contribution in [2.45, 2.75) is 70.5 Å². The maximum atomic E-state index is 9.46. The summed E-state index contributed by atoms with van der Waals surface area (Å²) >= 11 is 1.80.